The van der Waals surface area contributed by atoms with Crippen molar-refractivity contribution in [1.29, 1.82) is 0 Å². The molecule has 0 aliphatic rings. The fourth-order valence-electron chi connectivity index (χ4n) is 1.13. The van der Waals surface area contributed by atoms with E-state index in [2.05, 4.69) is 38.3 Å². The van der Waals surface area contributed by atoms with Crippen molar-refractivity contribution in [3.8, 4) is 0 Å². The normalized spacial score (nSPS) is 12.1. The van der Waals surface area contributed by atoms with E-state index in [1.807, 2.05) is 0 Å². The summed E-state index contributed by atoms with van der Waals surface area (Å²) < 4.78 is 5.34. The highest BCUT2D eigenvalue weighted by atomic mass is 16.5. The van der Waals surface area contributed by atoms with Crippen molar-refractivity contribution in [2.75, 3.05) is 32.8 Å². The summed E-state index contributed by atoms with van der Waals surface area (Å²) in [7, 11) is 0. The molecule has 0 aromatic carbocycles. The van der Waals surface area contributed by atoms with Crippen LogP contribution < -0.4 is 0 Å². The average Bonchev–Trinajstić information content (AvgIpc) is 2.20. The summed E-state index contributed by atoms with van der Waals surface area (Å²) in [6.07, 6.45) is 4.01. The van der Waals surface area contributed by atoms with Gasteiger partial charge in [0.15, 0.2) is 0 Å². The van der Waals surface area contributed by atoms with Gasteiger partial charge in [-0.25, -0.2) is 0 Å². The maximum atomic E-state index is 5.34. The molecule has 0 unspecified atom stereocenters. The quantitative estimate of drug-likeness (QED) is 0.438. The maximum Gasteiger partial charge on any atom is 0.0678 e. The third-order valence-corrected chi connectivity index (χ3v) is 2.16. The Morgan fingerprint density at radius 1 is 1.36 bits per heavy atom. The van der Waals surface area contributed by atoms with Gasteiger partial charge in [0.25, 0.3) is 0 Å². The first-order valence-corrected chi connectivity index (χ1v) is 5.31. The van der Waals surface area contributed by atoms with Crippen LogP contribution in [0.1, 0.15) is 20.8 Å². The molecule has 0 spiro atoms. The molecule has 2 nitrogen and oxygen atoms in total. The number of nitrogens with zero attached hydrogens (tertiary/aromatic N) is 1. The molecular weight excluding hydrogens is 174 g/mol. The molecule has 0 aliphatic carbocycles. The number of rotatable bonds is 8. The highest BCUT2D eigenvalue weighted by Gasteiger charge is 1.95. The second-order valence-electron chi connectivity index (χ2n) is 3.34. The van der Waals surface area contributed by atoms with Gasteiger partial charge >= 0.3 is 0 Å². The summed E-state index contributed by atoms with van der Waals surface area (Å²) in [6.45, 7) is 14.7. The van der Waals surface area contributed by atoms with Crippen LogP contribution in [0.15, 0.2) is 24.3 Å². The molecule has 2 heteroatoms. The maximum absolute atomic E-state index is 5.34. The Bertz CT molecular complexity index is 171. The predicted octanol–water partition coefficient (Wildman–Crippen LogP) is 2.48. The zero-order chi connectivity index (χ0) is 10.8. The molecule has 0 bridgehead atoms. The Labute approximate surface area is 88.2 Å². The molecule has 82 valence electrons. The topological polar surface area (TPSA) is 12.5 Å². The minimum Gasteiger partial charge on any atom is -0.373 e. The molecule has 0 aliphatic heterocycles. The first-order chi connectivity index (χ1) is 6.74. The van der Waals surface area contributed by atoms with Crippen LogP contribution in [0.4, 0.5) is 0 Å². The van der Waals surface area contributed by atoms with Gasteiger partial charge in [0.1, 0.15) is 0 Å². The van der Waals surface area contributed by atoms with Gasteiger partial charge in [0, 0.05) is 6.54 Å². The Morgan fingerprint density at radius 3 is 2.50 bits per heavy atom. The van der Waals surface area contributed by atoms with E-state index in [1.165, 1.54) is 5.57 Å². The molecule has 0 aromatic heterocycles. The Morgan fingerprint density at radius 2 is 2.00 bits per heavy atom. The van der Waals surface area contributed by atoms with Crippen molar-refractivity contribution < 1.29 is 4.74 Å². The number of hydrogen-bond donors (Lipinski definition) is 0. The molecule has 0 saturated heterocycles. The standard InChI is InChI=1S/C12H23NO/c1-5-10-14-11-12(4)8-9-13(6-2)7-3/h5,8H,1,6-7,9-11H2,2-4H3. The first kappa shape index (κ1) is 13.4. The SMILES string of the molecule is C=CCOCC(C)=CCN(CC)CC. The van der Waals surface area contributed by atoms with Crippen molar-refractivity contribution in [2.24, 2.45) is 0 Å². The number of ether oxygens (including phenoxy) is 1. The Kier molecular flexibility index (Phi) is 8.59. The lowest BCUT2D eigenvalue weighted by Gasteiger charge is -2.15. The lowest BCUT2D eigenvalue weighted by Crippen LogP contribution is -2.23. The van der Waals surface area contributed by atoms with Crippen LogP contribution in [0, 0.1) is 0 Å². The highest BCUT2D eigenvalue weighted by Crippen LogP contribution is 1.96. The summed E-state index contributed by atoms with van der Waals surface area (Å²) >= 11 is 0. The van der Waals surface area contributed by atoms with E-state index < -0.39 is 0 Å². The van der Waals surface area contributed by atoms with E-state index in [0.717, 1.165) is 19.6 Å². The van der Waals surface area contributed by atoms with Crippen molar-refractivity contribution in [2.45, 2.75) is 20.8 Å². The van der Waals surface area contributed by atoms with Crippen LogP contribution >= 0.6 is 0 Å². The molecule has 0 fully saturated rings. The zero-order valence-electron chi connectivity index (χ0n) is 9.75. The van der Waals surface area contributed by atoms with Crippen molar-refractivity contribution in [3.05, 3.63) is 24.3 Å². The van der Waals surface area contributed by atoms with E-state index in [-0.39, 0.29) is 0 Å². The average molecular weight is 197 g/mol. The molecule has 0 saturated carbocycles. The number of likely N-dealkylation sites (N-methyl/N-ethyl adjacent to an activating group) is 1. The van der Waals surface area contributed by atoms with Gasteiger partial charge in [-0.1, -0.05) is 31.6 Å². The van der Waals surface area contributed by atoms with Crippen LogP contribution in [0.3, 0.4) is 0 Å². The molecule has 0 aromatic rings. The molecule has 14 heavy (non-hydrogen) atoms. The fourth-order valence-corrected chi connectivity index (χ4v) is 1.13. The monoisotopic (exact) mass is 197 g/mol. The summed E-state index contributed by atoms with van der Waals surface area (Å²) in [6, 6.07) is 0. The summed E-state index contributed by atoms with van der Waals surface area (Å²) in [5.74, 6) is 0. The smallest absolute Gasteiger partial charge is 0.0678 e. The lowest BCUT2D eigenvalue weighted by molar-refractivity contribution is 0.186. The molecule has 0 heterocycles. The van der Waals surface area contributed by atoms with Gasteiger partial charge < -0.3 is 9.64 Å². The molecule has 0 rings (SSSR count). The molecule has 0 radical (unpaired) electrons. The van der Waals surface area contributed by atoms with E-state index in [0.29, 0.717) is 13.2 Å². The minimum atomic E-state index is 0.635. The lowest BCUT2D eigenvalue weighted by atomic mass is 10.3. The third kappa shape index (κ3) is 6.87. The van der Waals surface area contributed by atoms with Gasteiger partial charge in [-0.05, 0) is 20.0 Å². The minimum absolute atomic E-state index is 0.635. The second kappa shape index (κ2) is 8.97. The van der Waals surface area contributed by atoms with Crippen molar-refractivity contribution >= 4 is 0 Å². The summed E-state index contributed by atoms with van der Waals surface area (Å²) in [5.41, 5.74) is 1.29. The van der Waals surface area contributed by atoms with E-state index >= 15 is 0 Å². The molecular formula is C12H23NO. The van der Waals surface area contributed by atoms with E-state index in [1.54, 1.807) is 6.08 Å². The van der Waals surface area contributed by atoms with Crippen LogP contribution in [0.2, 0.25) is 0 Å². The molecule has 0 atom stereocenters. The molecule has 0 amide bonds. The first-order valence-electron chi connectivity index (χ1n) is 5.31. The summed E-state index contributed by atoms with van der Waals surface area (Å²) in [4.78, 5) is 2.37. The van der Waals surface area contributed by atoms with Crippen molar-refractivity contribution in [1.82, 2.24) is 4.90 Å². The van der Waals surface area contributed by atoms with Crippen LogP contribution in [-0.2, 0) is 4.74 Å². The van der Waals surface area contributed by atoms with Gasteiger partial charge in [0.05, 0.1) is 13.2 Å². The van der Waals surface area contributed by atoms with Crippen LogP contribution in [-0.4, -0.2) is 37.7 Å². The van der Waals surface area contributed by atoms with Crippen molar-refractivity contribution in [3.63, 3.8) is 0 Å². The third-order valence-electron chi connectivity index (χ3n) is 2.16. The highest BCUT2D eigenvalue weighted by molar-refractivity contribution is 4.99. The number of hydrogen-bond acceptors (Lipinski definition) is 2. The van der Waals surface area contributed by atoms with Crippen LogP contribution in [0.25, 0.3) is 0 Å². The van der Waals surface area contributed by atoms with E-state index in [4.69, 9.17) is 4.74 Å². The fraction of sp³-hybridized carbons (Fsp3) is 0.667. The Hall–Kier alpha value is -0.600. The Balaban J connectivity index is 3.68. The van der Waals surface area contributed by atoms with Gasteiger partial charge in [0.2, 0.25) is 0 Å². The summed E-state index contributed by atoms with van der Waals surface area (Å²) in [5, 5.41) is 0. The largest absolute Gasteiger partial charge is 0.373 e. The van der Waals surface area contributed by atoms with Gasteiger partial charge in [-0.2, -0.15) is 0 Å². The van der Waals surface area contributed by atoms with Crippen LogP contribution in [0.5, 0.6) is 0 Å². The van der Waals surface area contributed by atoms with Gasteiger partial charge in [-0.15, -0.1) is 6.58 Å². The predicted molar refractivity (Wildman–Crippen MR) is 62.6 cm³/mol. The van der Waals surface area contributed by atoms with E-state index in [9.17, 15) is 0 Å². The zero-order valence-corrected chi connectivity index (χ0v) is 9.75. The second-order valence-corrected chi connectivity index (χ2v) is 3.34. The molecule has 0 N–H and O–H groups in total. The van der Waals surface area contributed by atoms with Gasteiger partial charge in [-0.3, -0.25) is 0 Å².